The van der Waals surface area contributed by atoms with Crippen molar-refractivity contribution in [3.8, 4) is 0 Å². The van der Waals surface area contributed by atoms with Crippen LogP contribution in [0.5, 0.6) is 0 Å². The summed E-state index contributed by atoms with van der Waals surface area (Å²) in [4.78, 5) is 2.39. The van der Waals surface area contributed by atoms with Gasteiger partial charge in [-0.05, 0) is 65.4 Å². The summed E-state index contributed by atoms with van der Waals surface area (Å²) in [5.41, 5.74) is 2.70. The van der Waals surface area contributed by atoms with Crippen LogP contribution in [-0.4, -0.2) is 43.8 Å². The summed E-state index contributed by atoms with van der Waals surface area (Å²) in [6, 6.07) is 9.17. The Morgan fingerprint density at radius 1 is 1.20 bits per heavy atom. The predicted octanol–water partition coefficient (Wildman–Crippen LogP) is 2.74. The lowest BCUT2D eigenvalue weighted by molar-refractivity contribution is 0.269. The van der Waals surface area contributed by atoms with Gasteiger partial charge in [0.25, 0.3) is 0 Å². The summed E-state index contributed by atoms with van der Waals surface area (Å²) in [6.45, 7) is 4.67. The molecule has 1 aromatic rings. The second-order valence-electron chi connectivity index (χ2n) is 5.63. The highest BCUT2D eigenvalue weighted by Crippen LogP contribution is 2.17. The summed E-state index contributed by atoms with van der Waals surface area (Å²) >= 11 is 0. The Hall–Kier alpha value is -0.900. The molecule has 0 saturated carbocycles. The Morgan fingerprint density at radius 2 is 2.00 bits per heavy atom. The van der Waals surface area contributed by atoms with Crippen molar-refractivity contribution in [1.82, 2.24) is 10.2 Å². The third-order valence-electron chi connectivity index (χ3n) is 3.79. The SMILES string of the molecule is CNC(CCN(C)CCCCCO)c1cccc(C)c1. The first-order chi connectivity index (χ1) is 9.67. The molecule has 2 N–H and O–H groups in total. The molecule has 0 aromatic heterocycles. The number of hydrogen-bond donors (Lipinski definition) is 2. The first-order valence-corrected chi connectivity index (χ1v) is 7.70. The van der Waals surface area contributed by atoms with Gasteiger partial charge in [0.1, 0.15) is 0 Å². The fourth-order valence-electron chi connectivity index (χ4n) is 2.50. The van der Waals surface area contributed by atoms with Gasteiger partial charge in [-0.15, -0.1) is 0 Å². The first kappa shape index (κ1) is 17.2. The van der Waals surface area contributed by atoms with Crippen molar-refractivity contribution in [3.63, 3.8) is 0 Å². The number of aliphatic hydroxyl groups is 1. The van der Waals surface area contributed by atoms with Crippen LogP contribution in [-0.2, 0) is 0 Å². The molecule has 1 rings (SSSR count). The van der Waals surface area contributed by atoms with Crippen LogP contribution in [0.1, 0.15) is 42.9 Å². The molecule has 0 aliphatic rings. The molecule has 0 radical (unpaired) electrons. The van der Waals surface area contributed by atoms with Gasteiger partial charge in [-0.3, -0.25) is 0 Å². The maximum Gasteiger partial charge on any atom is 0.0431 e. The molecule has 0 fully saturated rings. The van der Waals surface area contributed by atoms with Crippen LogP contribution in [0.3, 0.4) is 0 Å². The molecule has 20 heavy (non-hydrogen) atoms. The average Bonchev–Trinajstić information content (AvgIpc) is 2.44. The van der Waals surface area contributed by atoms with Gasteiger partial charge >= 0.3 is 0 Å². The van der Waals surface area contributed by atoms with Crippen molar-refractivity contribution in [1.29, 1.82) is 0 Å². The van der Waals surface area contributed by atoms with Gasteiger partial charge in [-0.1, -0.05) is 29.8 Å². The Balaban J connectivity index is 2.34. The van der Waals surface area contributed by atoms with E-state index in [1.165, 1.54) is 17.5 Å². The summed E-state index contributed by atoms with van der Waals surface area (Å²) in [5.74, 6) is 0. The van der Waals surface area contributed by atoms with Gasteiger partial charge in [0.05, 0.1) is 0 Å². The van der Waals surface area contributed by atoms with Crippen molar-refractivity contribution in [2.24, 2.45) is 0 Å². The molecule has 1 aromatic carbocycles. The molecule has 0 aliphatic carbocycles. The number of rotatable bonds is 10. The van der Waals surface area contributed by atoms with Gasteiger partial charge in [0, 0.05) is 12.6 Å². The summed E-state index contributed by atoms with van der Waals surface area (Å²) in [6.07, 6.45) is 4.34. The van der Waals surface area contributed by atoms with Crippen LogP contribution in [0.15, 0.2) is 24.3 Å². The van der Waals surface area contributed by atoms with E-state index in [4.69, 9.17) is 5.11 Å². The lowest BCUT2D eigenvalue weighted by Crippen LogP contribution is -2.26. The normalized spacial score (nSPS) is 12.8. The van der Waals surface area contributed by atoms with E-state index in [1.54, 1.807) is 0 Å². The summed E-state index contributed by atoms with van der Waals surface area (Å²) in [5, 5.41) is 12.2. The Kier molecular flexibility index (Phi) is 8.51. The molecular weight excluding hydrogens is 248 g/mol. The van der Waals surface area contributed by atoms with Crippen molar-refractivity contribution in [2.45, 2.75) is 38.6 Å². The second kappa shape index (κ2) is 9.92. The lowest BCUT2D eigenvalue weighted by Gasteiger charge is -2.22. The van der Waals surface area contributed by atoms with Crippen LogP contribution in [0.4, 0.5) is 0 Å². The Morgan fingerprint density at radius 3 is 2.65 bits per heavy atom. The number of nitrogens with one attached hydrogen (secondary N) is 1. The maximum atomic E-state index is 8.77. The maximum absolute atomic E-state index is 8.77. The number of aliphatic hydroxyl groups excluding tert-OH is 1. The van der Waals surface area contributed by atoms with Gasteiger partial charge in [-0.25, -0.2) is 0 Å². The third kappa shape index (κ3) is 6.51. The Bertz CT molecular complexity index is 368. The predicted molar refractivity (Wildman–Crippen MR) is 86.0 cm³/mol. The minimum atomic E-state index is 0.318. The summed E-state index contributed by atoms with van der Waals surface area (Å²) < 4.78 is 0. The molecule has 0 bridgehead atoms. The number of hydrogen-bond acceptors (Lipinski definition) is 3. The van der Waals surface area contributed by atoms with Crippen molar-refractivity contribution in [2.75, 3.05) is 33.8 Å². The molecule has 114 valence electrons. The van der Waals surface area contributed by atoms with E-state index in [2.05, 4.69) is 48.5 Å². The topological polar surface area (TPSA) is 35.5 Å². The van der Waals surface area contributed by atoms with Crippen LogP contribution in [0.25, 0.3) is 0 Å². The fraction of sp³-hybridized carbons (Fsp3) is 0.647. The largest absolute Gasteiger partial charge is 0.396 e. The second-order valence-corrected chi connectivity index (χ2v) is 5.63. The molecular formula is C17H30N2O. The fourth-order valence-corrected chi connectivity index (χ4v) is 2.50. The van der Waals surface area contributed by atoms with Gasteiger partial charge < -0.3 is 15.3 Å². The van der Waals surface area contributed by atoms with E-state index in [0.29, 0.717) is 12.6 Å². The van der Waals surface area contributed by atoms with E-state index < -0.39 is 0 Å². The summed E-state index contributed by atoms with van der Waals surface area (Å²) in [7, 11) is 4.22. The number of aryl methyl sites for hydroxylation is 1. The zero-order valence-corrected chi connectivity index (χ0v) is 13.2. The van der Waals surface area contributed by atoms with Crippen LogP contribution in [0.2, 0.25) is 0 Å². The molecule has 0 amide bonds. The quantitative estimate of drug-likeness (QED) is 0.646. The average molecular weight is 278 g/mol. The van der Waals surface area contributed by atoms with Crippen LogP contribution < -0.4 is 5.32 Å². The molecule has 3 heteroatoms. The van der Waals surface area contributed by atoms with Gasteiger partial charge in [-0.2, -0.15) is 0 Å². The van der Waals surface area contributed by atoms with Crippen LogP contribution in [0, 0.1) is 6.92 Å². The van der Waals surface area contributed by atoms with E-state index >= 15 is 0 Å². The van der Waals surface area contributed by atoms with E-state index in [-0.39, 0.29) is 0 Å². The molecule has 0 heterocycles. The molecule has 0 saturated heterocycles. The van der Waals surface area contributed by atoms with Crippen molar-refractivity contribution < 1.29 is 5.11 Å². The van der Waals surface area contributed by atoms with Gasteiger partial charge in [0.15, 0.2) is 0 Å². The number of unbranched alkanes of at least 4 members (excludes halogenated alkanes) is 2. The molecule has 1 atom stereocenters. The third-order valence-corrected chi connectivity index (χ3v) is 3.79. The number of nitrogens with zero attached hydrogens (tertiary/aromatic N) is 1. The standard InChI is InChI=1S/C17H30N2O/c1-15-8-7-9-16(14-15)17(18-2)10-12-19(3)11-5-4-6-13-20/h7-9,14,17-18,20H,4-6,10-13H2,1-3H3. The minimum absolute atomic E-state index is 0.318. The lowest BCUT2D eigenvalue weighted by atomic mass is 10.0. The van der Waals surface area contributed by atoms with Crippen molar-refractivity contribution >= 4 is 0 Å². The zero-order valence-electron chi connectivity index (χ0n) is 13.2. The highest BCUT2D eigenvalue weighted by Gasteiger charge is 2.10. The van der Waals surface area contributed by atoms with E-state index in [1.807, 2.05) is 7.05 Å². The first-order valence-electron chi connectivity index (χ1n) is 7.70. The molecule has 3 nitrogen and oxygen atoms in total. The van der Waals surface area contributed by atoms with E-state index in [0.717, 1.165) is 32.4 Å². The zero-order chi connectivity index (χ0) is 14.8. The monoisotopic (exact) mass is 278 g/mol. The minimum Gasteiger partial charge on any atom is -0.396 e. The molecule has 0 spiro atoms. The molecule has 0 aliphatic heterocycles. The smallest absolute Gasteiger partial charge is 0.0431 e. The highest BCUT2D eigenvalue weighted by molar-refractivity contribution is 5.25. The van der Waals surface area contributed by atoms with E-state index in [9.17, 15) is 0 Å². The Labute approximate surface area is 124 Å². The molecule has 1 unspecified atom stereocenters. The van der Waals surface area contributed by atoms with Crippen molar-refractivity contribution in [3.05, 3.63) is 35.4 Å². The van der Waals surface area contributed by atoms with Gasteiger partial charge in [0.2, 0.25) is 0 Å². The highest BCUT2D eigenvalue weighted by atomic mass is 16.2. The van der Waals surface area contributed by atoms with Crippen LogP contribution >= 0.6 is 0 Å². The number of benzene rings is 1.